The van der Waals surface area contributed by atoms with Crippen molar-refractivity contribution in [1.29, 1.82) is 0 Å². The van der Waals surface area contributed by atoms with E-state index in [0.29, 0.717) is 17.4 Å². The number of amides is 1. The molecule has 0 fully saturated rings. The maximum Gasteiger partial charge on any atom is 0.251 e. The molecule has 0 bridgehead atoms. The van der Waals surface area contributed by atoms with Gasteiger partial charge < -0.3 is 15.3 Å². The highest BCUT2D eigenvalue weighted by atomic mass is 32.2. The fraction of sp³-hybridized carbons (Fsp3) is 0.333. The Kier molecular flexibility index (Phi) is 5.72. The lowest BCUT2D eigenvalue weighted by Gasteiger charge is -2.11. The number of carbonyl (C=O) groups is 1. The molecule has 0 saturated heterocycles. The van der Waals surface area contributed by atoms with Gasteiger partial charge in [0.25, 0.3) is 5.56 Å². The molecule has 1 atom stereocenters. The SMILES string of the molecule is Cc1cc(=O)[nH]c(S[C@@H](C)C(=O)NCCCc2nc3ccccc3[nH]2)n1. The summed E-state index contributed by atoms with van der Waals surface area (Å²) >= 11 is 1.24. The van der Waals surface area contributed by atoms with Crippen molar-refractivity contribution in [2.24, 2.45) is 0 Å². The number of H-pyrrole nitrogens is 2. The second kappa shape index (κ2) is 8.18. The number of rotatable bonds is 7. The van der Waals surface area contributed by atoms with Gasteiger partial charge in [0.1, 0.15) is 5.82 Å². The number of carbonyl (C=O) groups excluding carboxylic acids is 1. The average Bonchev–Trinajstić information content (AvgIpc) is 3.00. The Morgan fingerprint density at radius 3 is 2.85 bits per heavy atom. The smallest absolute Gasteiger partial charge is 0.251 e. The standard InChI is InChI=1S/C18H21N5O2S/c1-11-10-16(24)23-18(20-11)26-12(2)17(25)19-9-5-8-15-21-13-6-3-4-7-14(13)22-15/h3-4,6-7,10,12H,5,8-9H2,1-2H3,(H,19,25)(H,21,22)(H,20,23,24)/t12-/m0/s1. The van der Waals surface area contributed by atoms with E-state index >= 15 is 0 Å². The molecule has 7 nitrogen and oxygen atoms in total. The third-order valence-electron chi connectivity index (χ3n) is 3.83. The summed E-state index contributed by atoms with van der Waals surface area (Å²) in [6.45, 7) is 4.11. The Morgan fingerprint density at radius 2 is 2.08 bits per heavy atom. The Labute approximate surface area is 155 Å². The molecule has 0 unspecified atom stereocenters. The lowest BCUT2D eigenvalue weighted by molar-refractivity contribution is -0.120. The summed E-state index contributed by atoms with van der Waals surface area (Å²) in [7, 11) is 0. The first kappa shape index (κ1) is 18.2. The predicted octanol–water partition coefficient (Wildman–Crippen LogP) is 2.18. The van der Waals surface area contributed by atoms with Crippen LogP contribution in [0.15, 0.2) is 40.3 Å². The van der Waals surface area contributed by atoms with Crippen molar-refractivity contribution in [1.82, 2.24) is 25.3 Å². The second-order valence-corrected chi connectivity index (χ2v) is 7.38. The van der Waals surface area contributed by atoms with Crippen molar-refractivity contribution in [3.8, 4) is 0 Å². The Balaban J connectivity index is 1.45. The van der Waals surface area contributed by atoms with E-state index in [9.17, 15) is 9.59 Å². The Morgan fingerprint density at radius 1 is 1.27 bits per heavy atom. The highest BCUT2D eigenvalue weighted by molar-refractivity contribution is 8.00. The van der Waals surface area contributed by atoms with Gasteiger partial charge in [0.2, 0.25) is 5.91 Å². The normalized spacial score (nSPS) is 12.2. The number of nitrogens with one attached hydrogen (secondary N) is 3. The van der Waals surface area contributed by atoms with Crippen molar-refractivity contribution in [3.63, 3.8) is 0 Å². The first-order valence-electron chi connectivity index (χ1n) is 8.47. The van der Waals surface area contributed by atoms with Gasteiger partial charge in [-0.05, 0) is 32.4 Å². The summed E-state index contributed by atoms with van der Waals surface area (Å²) in [6.07, 6.45) is 1.56. The molecule has 2 heterocycles. The van der Waals surface area contributed by atoms with Crippen LogP contribution in [0.3, 0.4) is 0 Å². The summed E-state index contributed by atoms with van der Waals surface area (Å²) in [4.78, 5) is 38.3. The number of imidazole rings is 1. The molecule has 3 N–H and O–H groups in total. The number of para-hydroxylation sites is 2. The van der Waals surface area contributed by atoms with Crippen LogP contribution in [0, 0.1) is 6.92 Å². The molecule has 0 aliphatic heterocycles. The average molecular weight is 371 g/mol. The zero-order chi connectivity index (χ0) is 18.5. The van der Waals surface area contributed by atoms with E-state index in [4.69, 9.17) is 0 Å². The number of hydrogen-bond donors (Lipinski definition) is 3. The number of hydrogen-bond acceptors (Lipinski definition) is 5. The third kappa shape index (κ3) is 4.72. The minimum Gasteiger partial charge on any atom is -0.355 e. The molecular formula is C18H21N5O2S. The molecule has 1 aromatic carbocycles. The lowest BCUT2D eigenvalue weighted by Crippen LogP contribution is -2.32. The summed E-state index contributed by atoms with van der Waals surface area (Å²) in [5.41, 5.74) is 2.40. The minimum absolute atomic E-state index is 0.0799. The molecular weight excluding hydrogens is 350 g/mol. The summed E-state index contributed by atoms with van der Waals surface area (Å²) in [6, 6.07) is 9.32. The van der Waals surface area contributed by atoms with Crippen molar-refractivity contribution >= 4 is 28.7 Å². The number of benzene rings is 1. The Hall–Kier alpha value is -2.61. The quantitative estimate of drug-likeness (QED) is 0.335. The van der Waals surface area contributed by atoms with Crippen molar-refractivity contribution in [2.45, 2.75) is 37.1 Å². The first-order chi connectivity index (χ1) is 12.5. The third-order valence-corrected chi connectivity index (χ3v) is 4.82. The zero-order valence-corrected chi connectivity index (χ0v) is 15.5. The van der Waals surface area contributed by atoms with Crippen LogP contribution in [0.4, 0.5) is 0 Å². The summed E-state index contributed by atoms with van der Waals surface area (Å²) in [5.74, 6) is 0.841. The van der Waals surface area contributed by atoms with Crippen LogP contribution < -0.4 is 10.9 Å². The maximum absolute atomic E-state index is 12.2. The number of fused-ring (bicyclic) bond motifs is 1. The largest absolute Gasteiger partial charge is 0.355 e. The molecule has 3 aromatic rings. The van der Waals surface area contributed by atoms with E-state index in [0.717, 1.165) is 29.7 Å². The lowest BCUT2D eigenvalue weighted by atomic mass is 10.3. The molecule has 0 spiro atoms. The number of aromatic amines is 2. The first-order valence-corrected chi connectivity index (χ1v) is 9.35. The van der Waals surface area contributed by atoms with Gasteiger partial charge in [-0.2, -0.15) is 0 Å². The predicted molar refractivity (Wildman–Crippen MR) is 102 cm³/mol. The minimum atomic E-state index is -0.342. The monoisotopic (exact) mass is 371 g/mol. The van der Waals surface area contributed by atoms with E-state index in [1.54, 1.807) is 13.8 Å². The van der Waals surface area contributed by atoms with E-state index < -0.39 is 0 Å². The highest BCUT2D eigenvalue weighted by Crippen LogP contribution is 2.18. The van der Waals surface area contributed by atoms with Gasteiger partial charge in [0.15, 0.2) is 5.16 Å². The van der Waals surface area contributed by atoms with Gasteiger partial charge in [-0.1, -0.05) is 23.9 Å². The van der Waals surface area contributed by atoms with Crippen molar-refractivity contribution < 1.29 is 4.79 Å². The molecule has 0 saturated carbocycles. The number of thioether (sulfide) groups is 1. The van der Waals surface area contributed by atoms with Gasteiger partial charge in [-0.25, -0.2) is 9.97 Å². The van der Waals surface area contributed by atoms with Crippen LogP contribution in [0.5, 0.6) is 0 Å². The van der Waals surface area contributed by atoms with E-state index in [1.807, 2.05) is 24.3 Å². The molecule has 8 heteroatoms. The number of nitrogens with zero attached hydrogens (tertiary/aromatic N) is 2. The van der Waals surface area contributed by atoms with Gasteiger partial charge in [-0.3, -0.25) is 9.59 Å². The highest BCUT2D eigenvalue weighted by Gasteiger charge is 2.15. The van der Waals surface area contributed by atoms with Gasteiger partial charge in [0.05, 0.1) is 16.3 Å². The van der Waals surface area contributed by atoms with Crippen molar-refractivity contribution in [2.75, 3.05) is 6.54 Å². The molecule has 0 aliphatic carbocycles. The van der Waals surface area contributed by atoms with Gasteiger partial charge in [0, 0.05) is 24.7 Å². The van der Waals surface area contributed by atoms with Gasteiger partial charge in [-0.15, -0.1) is 0 Å². The van der Waals surface area contributed by atoms with E-state index in [-0.39, 0.29) is 16.7 Å². The van der Waals surface area contributed by atoms with Crippen LogP contribution in [-0.2, 0) is 11.2 Å². The van der Waals surface area contributed by atoms with Crippen LogP contribution >= 0.6 is 11.8 Å². The molecule has 3 rings (SSSR count). The molecule has 0 radical (unpaired) electrons. The number of aryl methyl sites for hydroxylation is 2. The van der Waals surface area contributed by atoms with E-state index in [1.165, 1.54) is 17.8 Å². The fourth-order valence-corrected chi connectivity index (χ4v) is 3.45. The van der Waals surface area contributed by atoms with Crippen molar-refractivity contribution in [3.05, 3.63) is 52.2 Å². The van der Waals surface area contributed by atoms with E-state index in [2.05, 4.69) is 25.3 Å². The molecule has 26 heavy (non-hydrogen) atoms. The van der Waals surface area contributed by atoms with Crippen LogP contribution in [0.2, 0.25) is 0 Å². The van der Waals surface area contributed by atoms with Gasteiger partial charge >= 0.3 is 0 Å². The molecule has 2 aromatic heterocycles. The maximum atomic E-state index is 12.2. The van der Waals surface area contributed by atoms with Crippen LogP contribution in [0.25, 0.3) is 11.0 Å². The molecule has 0 aliphatic rings. The Bertz CT molecular complexity index is 932. The topological polar surface area (TPSA) is 104 Å². The summed E-state index contributed by atoms with van der Waals surface area (Å²) < 4.78 is 0. The molecule has 1 amide bonds. The van der Waals surface area contributed by atoms with Crippen LogP contribution in [0.1, 0.15) is 24.9 Å². The second-order valence-electron chi connectivity index (χ2n) is 6.05. The van der Waals surface area contributed by atoms with Crippen LogP contribution in [-0.4, -0.2) is 37.6 Å². The fourth-order valence-electron chi connectivity index (χ4n) is 2.56. The summed E-state index contributed by atoms with van der Waals surface area (Å²) in [5, 5.41) is 3.03. The molecule has 136 valence electrons. The number of aromatic nitrogens is 4. The zero-order valence-electron chi connectivity index (χ0n) is 14.7.